The van der Waals surface area contributed by atoms with Crippen molar-refractivity contribution < 1.29 is 22.4 Å². The minimum Gasteiger partial charge on any atom is -0.396 e. The Morgan fingerprint density at radius 3 is 2.44 bits per heavy atom. The zero-order valence-electron chi connectivity index (χ0n) is 17.6. The Bertz CT molecular complexity index is 1530. The highest BCUT2D eigenvalue weighted by Gasteiger charge is 2.36. The molecule has 0 radical (unpaired) electrons. The van der Waals surface area contributed by atoms with Gasteiger partial charge in [-0.3, -0.25) is 4.79 Å². The number of nitrogens with one attached hydrogen (secondary N) is 1. The number of hydrogen-bond acceptors (Lipinski definition) is 6. The second-order valence-corrected chi connectivity index (χ2v) is 7.84. The maximum atomic E-state index is 15.1. The van der Waals surface area contributed by atoms with Crippen LogP contribution in [0, 0.1) is 18.2 Å². The van der Waals surface area contributed by atoms with E-state index in [9.17, 15) is 18.0 Å². The Kier molecular flexibility index (Phi) is 6.53. The smallest absolute Gasteiger partial charge is 0.396 e. The minimum atomic E-state index is -4.84. The molecule has 1 aromatic carbocycles. The molecule has 4 rings (SSSR count). The topological polar surface area (TPSA) is 112 Å². The quantitative estimate of drug-likeness (QED) is 0.216. The second kappa shape index (κ2) is 9.44. The summed E-state index contributed by atoms with van der Waals surface area (Å²) in [6, 6.07) is 2.53. The van der Waals surface area contributed by atoms with Gasteiger partial charge in [-0.15, -0.1) is 11.2 Å². The molecule has 14 heteroatoms. The van der Waals surface area contributed by atoms with Gasteiger partial charge in [0.25, 0.3) is 5.91 Å². The fourth-order valence-corrected chi connectivity index (χ4v) is 3.63. The number of nitrogens with zero attached hydrogens (tertiary/aromatic N) is 5. The number of aromatic nitrogens is 5. The summed E-state index contributed by atoms with van der Waals surface area (Å²) in [5.41, 5.74) is 3.93. The van der Waals surface area contributed by atoms with Gasteiger partial charge in [-0.25, -0.2) is 14.4 Å². The van der Waals surface area contributed by atoms with Crippen LogP contribution in [0.5, 0.6) is 0 Å². The van der Waals surface area contributed by atoms with Crippen LogP contribution >= 0.6 is 23.2 Å². The minimum absolute atomic E-state index is 0.0469. The summed E-state index contributed by atoms with van der Waals surface area (Å²) in [5, 5.41) is 9.15. The predicted octanol–water partition coefficient (Wildman–Crippen LogP) is 5.00. The van der Waals surface area contributed by atoms with E-state index in [1.54, 1.807) is 0 Å². The third-order valence-electron chi connectivity index (χ3n) is 4.83. The Morgan fingerprint density at radius 1 is 1.11 bits per heavy atom. The number of amides is 1. The van der Waals surface area contributed by atoms with Gasteiger partial charge in [-0.1, -0.05) is 29.1 Å². The number of alkyl halides is 3. The monoisotopic (exact) mass is 535 g/mol. The SMILES string of the molecule is C#Cc1cnc(Cl)c(N)c1-c1cc(Cl)c(C(=O)Nc2cnc(-n3nccn3)c(C(F)(F)F)c2)cc1F. The molecule has 0 aliphatic heterocycles. The Morgan fingerprint density at radius 2 is 1.81 bits per heavy atom. The Labute approximate surface area is 210 Å². The molecule has 3 N–H and O–H groups in total. The molecule has 0 bridgehead atoms. The number of hydrogen-bond donors (Lipinski definition) is 2. The number of carbonyl (C=O) groups is 1. The number of halogens is 6. The predicted molar refractivity (Wildman–Crippen MR) is 124 cm³/mol. The average Bonchev–Trinajstić information content (AvgIpc) is 3.36. The molecule has 0 aliphatic rings. The summed E-state index contributed by atoms with van der Waals surface area (Å²) in [7, 11) is 0. The van der Waals surface area contributed by atoms with Gasteiger partial charge in [0, 0.05) is 17.3 Å². The molecule has 3 heterocycles. The normalized spacial score (nSPS) is 11.2. The molecule has 0 saturated heterocycles. The van der Waals surface area contributed by atoms with Crippen LogP contribution < -0.4 is 11.1 Å². The highest BCUT2D eigenvalue weighted by atomic mass is 35.5. The van der Waals surface area contributed by atoms with Crippen LogP contribution in [0.2, 0.25) is 10.2 Å². The van der Waals surface area contributed by atoms with Gasteiger partial charge in [0.1, 0.15) is 11.4 Å². The third kappa shape index (κ3) is 4.66. The molecule has 1 amide bonds. The number of carbonyl (C=O) groups excluding carboxylic acids is 1. The van der Waals surface area contributed by atoms with E-state index in [1.165, 1.54) is 18.6 Å². The summed E-state index contributed by atoms with van der Waals surface area (Å²) >= 11 is 12.1. The first-order valence-corrected chi connectivity index (χ1v) is 10.4. The molecule has 0 atom stereocenters. The first-order valence-electron chi connectivity index (χ1n) is 9.66. The molecule has 0 aliphatic carbocycles. The van der Waals surface area contributed by atoms with Gasteiger partial charge >= 0.3 is 6.18 Å². The molecular formula is C22H11Cl2F4N7O. The molecule has 0 saturated carbocycles. The van der Waals surface area contributed by atoms with Crippen LogP contribution in [0.3, 0.4) is 0 Å². The van der Waals surface area contributed by atoms with Crippen molar-refractivity contribution in [1.29, 1.82) is 0 Å². The maximum absolute atomic E-state index is 15.1. The van der Waals surface area contributed by atoms with Gasteiger partial charge in [0.2, 0.25) is 0 Å². The zero-order chi connectivity index (χ0) is 26.2. The van der Waals surface area contributed by atoms with Crippen LogP contribution in [-0.4, -0.2) is 30.9 Å². The first-order chi connectivity index (χ1) is 17.0. The molecular weight excluding hydrogens is 525 g/mol. The van der Waals surface area contributed by atoms with Gasteiger partial charge in [0.15, 0.2) is 11.0 Å². The van der Waals surface area contributed by atoms with Gasteiger partial charge < -0.3 is 11.1 Å². The largest absolute Gasteiger partial charge is 0.420 e. The van der Waals surface area contributed by atoms with E-state index in [-0.39, 0.29) is 43.8 Å². The lowest BCUT2D eigenvalue weighted by Gasteiger charge is -2.15. The lowest BCUT2D eigenvalue weighted by Crippen LogP contribution is -2.17. The van der Waals surface area contributed by atoms with Crippen LogP contribution in [0.1, 0.15) is 21.5 Å². The van der Waals surface area contributed by atoms with Crippen molar-refractivity contribution in [3.05, 3.63) is 75.7 Å². The third-order valence-corrected chi connectivity index (χ3v) is 5.45. The first kappa shape index (κ1) is 24.9. The van der Waals surface area contributed by atoms with Crippen molar-refractivity contribution in [2.45, 2.75) is 6.18 Å². The number of anilines is 2. The highest BCUT2D eigenvalue weighted by Crippen LogP contribution is 2.38. The highest BCUT2D eigenvalue weighted by molar-refractivity contribution is 6.35. The molecule has 0 unspecified atom stereocenters. The van der Waals surface area contributed by atoms with E-state index in [1.807, 2.05) is 0 Å². The number of pyridine rings is 2. The van der Waals surface area contributed by atoms with Crippen LogP contribution in [0.15, 0.2) is 43.0 Å². The second-order valence-electron chi connectivity index (χ2n) is 7.07. The van der Waals surface area contributed by atoms with Crippen LogP contribution in [0.4, 0.5) is 28.9 Å². The maximum Gasteiger partial charge on any atom is 0.420 e. The fourth-order valence-electron chi connectivity index (χ4n) is 3.23. The zero-order valence-corrected chi connectivity index (χ0v) is 19.1. The lowest BCUT2D eigenvalue weighted by atomic mass is 9.98. The fraction of sp³-hybridized carbons (Fsp3) is 0.0455. The number of terminal acetylenes is 1. The van der Waals surface area contributed by atoms with Crippen molar-refractivity contribution in [2.24, 2.45) is 0 Å². The Balaban J connectivity index is 1.70. The molecule has 182 valence electrons. The summed E-state index contributed by atoms with van der Waals surface area (Å²) in [5.74, 6) is -0.226. The van der Waals surface area contributed by atoms with Crippen molar-refractivity contribution in [3.63, 3.8) is 0 Å². The van der Waals surface area contributed by atoms with Crippen molar-refractivity contribution in [1.82, 2.24) is 25.0 Å². The summed E-state index contributed by atoms with van der Waals surface area (Å²) in [6.07, 6.45) is 5.13. The average molecular weight is 536 g/mol. The van der Waals surface area contributed by atoms with Crippen LogP contribution in [0.25, 0.3) is 16.9 Å². The standard InChI is InChI=1S/C22H11Cl2F4N7O/c1-2-10-8-30-19(24)18(29)17(10)13-6-15(23)12(7-16(13)25)21(36)34-11-5-14(22(26,27)28)20(31-9-11)35-32-3-4-33-35/h1,3-9H,29H2,(H,34,36). The molecule has 3 aromatic heterocycles. The van der Waals surface area contributed by atoms with E-state index in [0.717, 1.165) is 18.3 Å². The van der Waals surface area contributed by atoms with Crippen molar-refractivity contribution in [3.8, 4) is 29.3 Å². The molecule has 36 heavy (non-hydrogen) atoms. The van der Waals surface area contributed by atoms with Gasteiger partial charge in [-0.2, -0.15) is 23.4 Å². The number of rotatable bonds is 4. The summed E-state index contributed by atoms with van der Waals surface area (Å²) < 4.78 is 55.9. The Hall–Kier alpha value is -4.21. The lowest BCUT2D eigenvalue weighted by molar-refractivity contribution is -0.137. The van der Waals surface area contributed by atoms with Crippen LogP contribution in [-0.2, 0) is 6.18 Å². The number of benzene rings is 1. The summed E-state index contributed by atoms with van der Waals surface area (Å²) in [4.78, 5) is 21.0. The molecule has 0 fully saturated rings. The van der Waals surface area contributed by atoms with E-state index < -0.39 is 29.3 Å². The number of nitrogens with two attached hydrogens (primary N) is 1. The van der Waals surface area contributed by atoms with E-state index in [0.29, 0.717) is 10.9 Å². The van der Waals surface area contributed by atoms with Gasteiger partial charge in [0.05, 0.1) is 46.1 Å². The summed E-state index contributed by atoms with van der Waals surface area (Å²) in [6.45, 7) is 0. The van der Waals surface area contributed by atoms with Crippen molar-refractivity contribution >= 4 is 40.5 Å². The van der Waals surface area contributed by atoms with Gasteiger partial charge in [-0.05, 0) is 18.2 Å². The van der Waals surface area contributed by atoms with E-state index in [2.05, 4.69) is 31.4 Å². The van der Waals surface area contributed by atoms with E-state index in [4.69, 9.17) is 35.4 Å². The van der Waals surface area contributed by atoms with Crippen molar-refractivity contribution in [2.75, 3.05) is 11.1 Å². The molecule has 8 nitrogen and oxygen atoms in total. The molecule has 0 spiro atoms. The molecule has 4 aromatic rings. The van der Waals surface area contributed by atoms with E-state index >= 15 is 4.39 Å². The number of nitrogen functional groups attached to an aromatic ring is 1.